The summed E-state index contributed by atoms with van der Waals surface area (Å²) in [7, 11) is 0. The van der Waals surface area contributed by atoms with Crippen LogP contribution in [0.2, 0.25) is 0 Å². The van der Waals surface area contributed by atoms with Crippen LogP contribution in [-0.2, 0) is 11.2 Å². The van der Waals surface area contributed by atoms with Crippen LogP contribution in [0.5, 0.6) is 0 Å². The summed E-state index contributed by atoms with van der Waals surface area (Å²) >= 11 is 0. The number of carbonyl (C=O) groups excluding carboxylic acids is 1. The van der Waals surface area contributed by atoms with Gasteiger partial charge in [0.25, 0.3) is 0 Å². The molecule has 0 aliphatic carbocycles. The van der Waals surface area contributed by atoms with Gasteiger partial charge in [-0.3, -0.25) is 9.69 Å². The molecule has 1 aromatic carbocycles. The van der Waals surface area contributed by atoms with Crippen LogP contribution in [0.15, 0.2) is 47.8 Å². The molecule has 2 bridgehead atoms. The Morgan fingerprint density at radius 2 is 1.93 bits per heavy atom. The normalized spacial score (nSPS) is 26.8. The molecule has 1 fully saturated rings. The van der Waals surface area contributed by atoms with E-state index in [1.807, 2.05) is 17.1 Å². The van der Waals surface area contributed by atoms with E-state index in [4.69, 9.17) is 5.73 Å². The zero-order valence-electron chi connectivity index (χ0n) is 14.7. The number of allylic oxidation sites excluding steroid dienone is 1. The van der Waals surface area contributed by atoms with Gasteiger partial charge in [-0.25, -0.2) is 13.2 Å². The molecule has 4 rings (SSSR count). The third kappa shape index (κ3) is 3.27. The standard InChI is InChI=1S/C20H20F3N3O/c21-13-7-16(22)15(17(23)8-13)9-19-18-5-4-12(20(24)27)10-26(18)14-3-1-2-6-25(19)11-14/h1-2,5,7-8,10,14,19H,3-4,6,9,11H2,(H2,24,27). The van der Waals surface area contributed by atoms with Gasteiger partial charge in [-0.1, -0.05) is 18.2 Å². The van der Waals surface area contributed by atoms with Crippen molar-refractivity contribution in [1.29, 1.82) is 0 Å². The second-order valence-electron chi connectivity index (χ2n) is 7.14. The van der Waals surface area contributed by atoms with Crippen LogP contribution in [0.3, 0.4) is 0 Å². The molecule has 3 unspecified atom stereocenters. The maximum Gasteiger partial charge on any atom is 0.246 e. The first kappa shape index (κ1) is 17.9. The minimum atomic E-state index is -0.928. The second-order valence-corrected chi connectivity index (χ2v) is 7.14. The molecular formula is C20H20F3N3O. The minimum Gasteiger partial charge on any atom is -0.366 e. The Morgan fingerprint density at radius 3 is 2.63 bits per heavy atom. The fourth-order valence-electron chi connectivity index (χ4n) is 4.12. The first-order valence-electron chi connectivity index (χ1n) is 8.95. The molecule has 1 aromatic rings. The van der Waals surface area contributed by atoms with Crippen LogP contribution >= 0.6 is 0 Å². The quantitative estimate of drug-likeness (QED) is 0.827. The molecule has 27 heavy (non-hydrogen) atoms. The molecule has 0 saturated carbocycles. The average Bonchev–Trinajstić information content (AvgIpc) is 2.83. The zero-order chi connectivity index (χ0) is 19.1. The Morgan fingerprint density at radius 1 is 1.19 bits per heavy atom. The first-order valence-corrected chi connectivity index (χ1v) is 8.95. The Kier molecular flexibility index (Phi) is 4.55. The Hall–Kier alpha value is -2.54. The number of carbonyl (C=O) groups is 1. The van der Waals surface area contributed by atoms with Crippen molar-refractivity contribution >= 4 is 5.91 Å². The van der Waals surface area contributed by atoms with Crippen molar-refractivity contribution in [3.05, 3.63) is 70.8 Å². The van der Waals surface area contributed by atoms with Gasteiger partial charge in [0.1, 0.15) is 17.5 Å². The lowest BCUT2D eigenvalue weighted by atomic mass is 9.92. The zero-order valence-corrected chi connectivity index (χ0v) is 14.7. The summed E-state index contributed by atoms with van der Waals surface area (Å²) in [6, 6.07) is 1.28. The molecule has 0 radical (unpaired) electrons. The lowest BCUT2D eigenvalue weighted by Gasteiger charge is -2.48. The molecule has 3 heterocycles. The van der Waals surface area contributed by atoms with Crippen molar-refractivity contribution in [1.82, 2.24) is 9.80 Å². The van der Waals surface area contributed by atoms with Crippen molar-refractivity contribution in [2.75, 3.05) is 13.1 Å². The lowest BCUT2D eigenvalue weighted by Crippen LogP contribution is -2.55. The Balaban J connectivity index is 1.71. The number of hydrogen-bond donors (Lipinski definition) is 1. The van der Waals surface area contributed by atoms with Crippen LogP contribution in [0.4, 0.5) is 13.2 Å². The first-order chi connectivity index (χ1) is 12.9. The smallest absolute Gasteiger partial charge is 0.246 e. The predicted molar refractivity (Wildman–Crippen MR) is 94.7 cm³/mol. The summed E-state index contributed by atoms with van der Waals surface area (Å²) in [5.74, 6) is -3.15. The van der Waals surface area contributed by atoms with Crippen molar-refractivity contribution < 1.29 is 18.0 Å². The summed E-state index contributed by atoms with van der Waals surface area (Å²) < 4.78 is 41.7. The van der Waals surface area contributed by atoms with Gasteiger partial charge in [-0.05, 0) is 19.3 Å². The number of primary amides is 1. The molecule has 7 heteroatoms. The molecular weight excluding hydrogens is 355 g/mol. The number of amides is 1. The Labute approximate surface area is 155 Å². The van der Waals surface area contributed by atoms with Gasteiger partial charge in [0.15, 0.2) is 0 Å². The van der Waals surface area contributed by atoms with Crippen LogP contribution in [0, 0.1) is 17.5 Å². The highest BCUT2D eigenvalue weighted by Crippen LogP contribution is 2.35. The van der Waals surface area contributed by atoms with Crippen molar-refractivity contribution in [3.63, 3.8) is 0 Å². The van der Waals surface area contributed by atoms with E-state index in [1.54, 1.807) is 6.20 Å². The number of halogens is 3. The van der Waals surface area contributed by atoms with Gasteiger partial charge in [0, 0.05) is 54.3 Å². The summed E-state index contributed by atoms with van der Waals surface area (Å²) in [6.45, 7) is 1.37. The third-order valence-corrected chi connectivity index (χ3v) is 5.48. The number of hydrogen-bond acceptors (Lipinski definition) is 3. The van der Waals surface area contributed by atoms with Gasteiger partial charge in [0.05, 0.1) is 6.04 Å². The molecule has 3 atom stereocenters. The minimum absolute atomic E-state index is 0.0839. The number of rotatable bonds is 3. The van der Waals surface area contributed by atoms with E-state index in [9.17, 15) is 18.0 Å². The van der Waals surface area contributed by atoms with Crippen LogP contribution in [0.25, 0.3) is 0 Å². The third-order valence-electron chi connectivity index (χ3n) is 5.48. The monoisotopic (exact) mass is 375 g/mol. The maximum absolute atomic E-state index is 14.2. The molecule has 3 aliphatic rings. The number of nitrogens with two attached hydrogens (primary N) is 1. The van der Waals surface area contributed by atoms with Gasteiger partial charge < -0.3 is 10.6 Å². The second kappa shape index (κ2) is 6.88. The van der Waals surface area contributed by atoms with E-state index < -0.39 is 23.4 Å². The maximum atomic E-state index is 14.2. The van der Waals surface area contributed by atoms with E-state index >= 15 is 0 Å². The summed E-state index contributed by atoms with van der Waals surface area (Å²) in [6.07, 6.45) is 9.08. The molecule has 0 spiro atoms. The van der Waals surface area contributed by atoms with Crippen LogP contribution in [0.1, 0.15) is 18.4 Å². The molecule has 2 N–H and O–H groups in total. The molecule has 142 valence electrons. The van der Waals surface area contributed by atoms with Crippen LogP contribution < -0.4 is 5.73 Å². The van der Waals surface area contributed by atoms with Gasteiger partial charge in [-0.15, -0.1) is 0 Å². The van der Waals surface area contributed by atoms with E-state index in [0.29, 0.717) is 37.2 Å². The lowest BCUT2D eigenvalue weighted by molar-refractivity contribution is -0.114. The van der Waals surface area contributed by atoms with E-state index in [1.165, 1.54) is 0 Å². The highest BCUT2D eigenvalue weighted by molar-refractivity contribution is 5.92. The van der Waals surface area contributed by atoms with E-state index in [0.717, 1.165) is 12.1 Å². The van der Waals surface area contributed by atoms with E-state index in [-0.39, 0.29) is 24.1 Å². The fourth-order valence-corrected chi connectivity index (χ4v) is 4.12. The number of piperazine rings is 1. The molecule has 1 amide bonds. The van der Waals surface area contributed by atoms with Gasteiger partial charge >= 0.3 is 0 Å². The van der Waals surface area contributed by atoms with E-state index in [2.05, 4.69) is 11.0 Å². The van der Waals surface area contributed by atoms with Crippen molar-refractivity contribution in [2.45, 2.75) is 31.3 Å². The summed E-state index contributed by atoms with van der Waals surface area (Å²) in [5.41, 5.74) is 6.73. The summed E-state index contributed by atoms with van der Waals surface area (Å²) in [4.78, 5) is 15.8. The number of fused-ring (bicyclic) bond motifs is 4. The SMILES string of the molecule is NC(=O)C1=CN2C(=CC1)C(Cc1c(F)cc(F)cc1F)N1CC=CCC2C1. The topological polar surface area (TPSA) is 49.6 Å². The van der Waals surface area contributed by atoms with Gasteiger partial charge in [-0.2, -0.15) is 0 Å². The largest absolute Gasteiger partial charge is 0.366 e. The van der Waals surface area contributed by atoms with Crippen molar-refractivity contribution in [3.8, 4) is 0 Å². The fraction of sp³-hybridized carbons (Fsp3) is 0.350. The summed E-state index contributed by atoms with van der Waals surface area (Å²) in [5, 5.41) is 0. The predicted octanol–water partition coefficient (Wildman–Crippen LogP) is 2.62. The van der Waals surface area contributed by atoms with Crippen LogP contribution in [-0.4, -0.2) is 40.9 Å². The highest BCUT2D eigenvalue weighted by atomic mass is 19.1. The highest BCUT2D eigenvalue weighted by Gasteiger charge is 2.39. The average molecular weight is 375 g/mol. The number of nitrogens with zero attached hydrogens (tertiary/aromatic N) is 2. The molecule has 1 saturated heterocycles. The molecule has 3 aliphatic heterocycles. The van der Waals surface area contributed by atoms with Crippen molar-refractivity contribution in [2.24, 2.45) is 5.73 Å². The molecule has 4 nitrogen and oxygen atoms in total. The molecule has 0 aromatic heterocycles. The van der Waals surface area contributed by atoms with Gasteiger partial charge in [0.2, 0.25) is 5.91 Å². The Bertz CT molecular complexity index is 854. The number of benzene rings is 1.